The van der Waals surface area contributed by atoms with E-state index in [-0.39, 0.29) is 6.10 Å². The second-order valence-electron chi connectivity index (χ2n) is 5.51. The van der Waals surface area contributed by atoms with Crippen molar-refractivity contribution in [3.8, 4) is 6.07 Å². The third kappa shape index (κ3) is 3.34. The monoisotopic (exact) mass is 258 g/mol. The smallest absolute Gasteiger partial charge is 0.0991 e. The van der Waals surface area contributed by atoms with Crippen molar-refractivity contribution < 1.29 is 5.11 Å². The highest BCUT2D eigenvalue weighted by Gasteiger charge is 2.26. The zero-order chi connectivity index (χ0) is 13.8. The van der Waals surface area contributed by atoms with Crippen LogP contribution in [-0.4, -0.2) is 29.2 Å². The van der Waals surface area contributed by atoms with Crippen LogP contribution in [-0.2, 0) is 6.54 Å². The Hall–Kier alpha value is -1.37. The Morgan fingerprint density at radius 1 is 1.47 bits per heavy atom. The minimum absolute atomic E-state index is 0.136. The van der Waals surface area contributed by atoms with Crippen LogP contribution in [0.25, 0.3) is 0 Å². The molecular weight excluding hydrogens is 236 g/mol. The number of rotatable bonds is 3. The van der Waals surface area contributed by atoms with Crippen molar-refractivity contribution in [2.75, 3.05) is 13.1 Å². The molecule has 1 aromatic carbocycles. The van der Waals surface area contributed by atoms with Gasteiger partial charge in [-0.3, -0.25) is 4.90 Å². The molecule has 1 saturated heterocycles. The normalized spacial score (nSPS) is 24.1. The summed E-state index contributed by atoms with van der Waals surface area (Å²) in [5.74, 6) is 0.396. The predicted molar refractivity (Wildman–Crippen MR) is 75.6 cm³/mol. The van der Waals surface area contributed by atoms with Gasteiger partial charge in [0.15, 0.2) is 0 Å². The SMILES string of the molecule is CCC1CN(Cc2ccc(C#N)cc2C)CCC1O. The van der Waals surface area contributed by atoms with E-state index in [0.717, 1.165) is 38.0 Å². The van der Waals surface area contributed by atoms with Gasteiger partial charge in [0.25, 0.3) is 0 Å². The third-order valence-electron chi connectivity index (χ3n) is 4.17. The second kappa shape index (κ2) is 6.18. The van der Waals surface area contributed by atoms with E-state index in [1.165, 1.54) is 11.1 Å². The molecule has 2 unspecified atom stereocenters. The van der Waals surface area contributed by atoms with Crippen molar-refractivity contribution in [1.82, 2.24) is 4.90 Å². The molecule has 0 radical (unpaired) electrons. The molecule has 0 amide bonds. The first-order valence-corrected chi connectivity index (χ1v) is 7.04. The number of piperidine rings is 1. The van der Waals surface area contributed by atoms with Crippen LogP contribution in [0.3, 0.4) is 0 Å². The van der Waals surface area contributed by atoms with Gasteiger partial charge in [-0.25, -0.2) is 0 Å². The minimum Gasteiger partial charge on any atom is -0.393 e. The van der Waals surface area contributed by atoms with Crippen molar-refractivity contribution in [2.45, 2.75) is 39.3 Å². The van der Waals surface area contributed by atoms with Crippen molar-refractivity contribution in [1.29, 1.82) is 5.26 Å². The number of aryl methyl sites for hydroxylation is 1. The molecule has 19 heavy (non-hydrogen) atoms. The van der Waals surface area contributed by atoms with Gasteiger partial charge in [-0.1, -0.05) is 13.0 Å². The molecule has 1 aromatic rings. The van der Waals surface area contributed by atoms with E-state index in [0.29, 0.717) is 5.92 Å². The van der Waals surface area contributed by atoms with Crippen LogP contribution in [0.4, 0.5) is 0 Å². The highest BCUT2D eigenvalue weighted by molar-refractivity contribution is 5.37. The molecule has 0 aromatic heterocycles. The average molecular weight is 258 g/mol. The van der Waals surface area contributed by atoms with E-state index in [9.17, 15) is 5.11 Å². The predicted octanol–water partition coefficient (Wildman–Crippen LogP) is 2.46. The van der Waals surface area contributed by atoms with Crippen LogP contribution >= 0.6 is 0 Å². The molecule has 3 nitrogen and oxygen atoms in total. The highest BCUT2D eigenvalue weighted by atomic mass is 16.3. The number of aliphatic hydroxyl groups excluding tert-OH is 1. The number of hydrogen-bond donors (Lipinski definition) is 1. The first-order valence-electron chi connectivity index (χ1n) is 7.04. The van der Waals surface area contributed by atoms with Gasteiger partial charge in [-0.15, -0.1) is 0 Å². The van der Waals surface area contributed by atoms with Gasteiger partial charge in [0.1, 0.15) is 0 Å². The fraction of sp³-hybridized carbons (Fsp3) is 0.562. The van der Waals surface area contributed by atoms with E-state index in [1.807, 2.05) is 12.1 Å². The molecule has 0 saturated carbocycles. The summed E-state index contributed by atoms with van der Waals surface area (Å²) in [4.78, 5) is 2.41. The van der Waals surface area contributed by atoms with Crippen LogP contribution in [0.15, 0.2) is 18.2 Å². The summed E-state index contributed by atoms with van der Waals surface area (Å²) in [7, 11) is 0. The van der Waals surface area contributed by atoms with Gasteiger partial charge in [-0.05, 0) is 48.9 Å². The average Bonchev–Trinajstić information content (AvgIpc) is 2.43. The van der Waals surface area contributed by atoms with Crippen molar-refractivity contribution in [3.63, 3.8) is 0 Å². The molecule has 102 valence electrons. The summed E-state index contributed by atoms with van der Waals surface area (Å²) in [5, 5.41) is 18.8. The summed E-state index contributed by atoms with van der Waals surface area (Å²) in [5.41, 5.74) is 3.19. The fourth-order valence-electron chi connectivity index (χ4n) is 2.82. The van der Waals surface area contributed by atoms with Gasteiger partial charge in [0.05, 0.1) is 17.7 Å². The molecule has 1 fully saturated rings. The van der Waals surface area contributed by atoms with Crippen LogP contribution < -0.4 is 0 Å². The van der Waals surface area contributed by atoms with E-state index >= 15 is 0 Å². The maximum atomic E-state index is 9.91. The van der Waals surface area contributed by atoms with E-state index < -0.39 is 0 Å². The molecule has 1 aliphatic heterocycles. The van der Waals surface area contributed by atoms with Crippen molar-refractivity contribution in [3.05, 3.63) is 34.9 Å². The van der Waals surface area contributed by atoms with Crippen LogP contribution in [0.5, 0.6) is 0 Å². The van der Waals surface area contributed by atoms with Crippen LogP contribution in [0.1, 0.15) is 36.5 Å². The highest BCUT2D eigenvalue weighted by Crippen LogP contribution is 2.22. The largest absolute Gasteiger partial charge is 0.393 e. The number of hydrogen-bond acceptors (Lipinski definition) is 3. The lowest BCUT2D eigenvalue weighted by atomic mass is 9.92. The van der Waals surface area contributed by atoms with Gasteiger partial charge >= 0.3 is 0 Å². The van der Waals surface area contributed by atoms with Gasteiger partial charge in [0, 0.05) is 19.6 Å². The fourth-order valence-corrected chi connectivity index (χ4v) is 2.82. The van der Waals surface area contributed by atoms with E-state index in [1.54, 1.807) is 0 Å². The van der Waals surface area contributed by atoms with Crippen LogP contribution in [0, 0.1) is 24.2 Å². The Bertz CT molecular complexity index is 478. The summed E-state index contributed by atoms with van der Waals surface area (Å²) in [6.07, 6.45) is 1.76. The molecular formula is C16H22N2O. The molecule has 0 bridgehead atoms. The van der Waals surface area contributed by atoms with Crippen molar-refractivity contribution >= 4 is 0 Å². The topological polar surface area (TPSA) is 47.3 Å². The number of nitriles is 1. The Morgan fingerprint density at radius 3 is 2.89 bits per heavy atom. The molecule has 0 spiro atoms. The Labute approximate surface area is 115 Å². The second-order valence-corrected chi connectivity index (χ2v) is 5.51. The molecule has 1 heterocycles. The molecule has 2 atom stereocenters. The number of benzene rings is 1. The standard InChI is InChI=1S/C16H22N2O/c1-3-14-10-18(7-6-16(14)19)11-15-5-4-13(9-17)8-12(15)2/h4-5,8,14,16,19H,3,6-7,10-11H2,1-2H3. The molecule has 1 N–H and O–H groups in total. The first kappa shape index (κ1) is 14.0. The third-order valence-corrected chi connectivity index (χ3v) is 4.17. The maximum Gasteiger partial charge on any atom is 0.0991 e. The zero-order valence-electron chi connectivity index (χ0n) is 11.8. The number of likely N-dealkylation sites (tertiary alicyclic amines) is 1. The van der Waals surface area contributed by atoms with E-state index in [4.69, 9.17) is 5.26 Å². The Kier molecular flexibility index (Phi) is 4.57. The maximum absolute atomic E-state index is 9.91. The summed E-state index contributed by atoms with van der Waals surface area (Å²) >= 11 is 0. The van der Waals surface area contributed by atoms with E-state index in [2.05, 4.69) is 30.9 Å². The molecule has 2 rings (SSSR count). The lowest BCUT2D eigenvalue weighted by molar-refractivity contribution is 0.0221. The molecule has 0 aliphatic carbocycles. The van der Waals surface area contributed by atoms with Crippen LogP contribution in [0.2, 0.25) is 0 Å². The summed E-state index contributed by atoms with van der Waals surface area (Å²) in [6.45, 7) is 7.05. The number of aliphatic hydroxyl groups is 1. The van der Waals surface area contributed by atoms with Gasteiger partial charge in [-0.2, -0.15) is 5.26 Å². The Morgan fingerprint density at radius 2 is 2.26 bits per heavy atom. The summed E-state index contributed by atoms with van der Waals surface area (Å²) in [6, 6.07) is 8.07. The zero-order valence-corrected chi connectivity index (χ0v) is 11.8. The van der Waals surface area contributed by atoms with Crippen molar-refractivity contribution in [2.24, 2.45) is 5.92 Å². The minimum atomic E-state index is -0.136. The molecule has 1 aliphatic rings. The lowest BCUT2D eigenvalue weighted by Gasteiger charge is -2.36. The quantitative estimate of drug-likeness (QED) is 0.906. The first-order chi connectivity index (χ1) is 9.13. The lowest BCUT2D eigenvalue weighted by Crippen LogP contribution is -2.42. The molecule has 3 heteroatoms. The van der Waals surface area contributed by atoms with Gasteiger partial charge in [0.2, 0.25) is 0 Å². The Balaban J connectivity index is 2.04. The number of nitrogens with zero attached hydrogens (tertiary/aromatic N) is 2. The summed E-state index contributed by atoms with van der Waals surface area (Å²) < 4.78 is 0. The van der Waals surface area contributed by atoms with Gasteiger partial charge < -0.3 is 5.11 Å².